The number of carbonyl (C=O) groups is 1. The number of rotatable bonds is 5. The molecule has 0 saturated heterocycles. The van der Waals surface area contributed by atoms with Crippen LogP contribution in [0.1, 0.15) is 15.9 Å². The molecule has 0 bridgehead atoms. The number of carbonyl (C=O) groups excluding carboxylic acids is 1. The van der Waals surface area contributed by atoms with Crippen LogP contribution in [0.15, 0.2) is 73.0 Å². The highest BCUT2D eigenvalue weighted by atomic mass is 79.9. The van der Waals surface area contributed by atoms with E-state index >= 15 is 0 Å². The molecule has 0 aliphatic heterocycles. The minimum Gasteiger partial charge on any atom is -0.504 e. The standard InChI is InChI=1S/C21H15Br3N2O3/c1-29-18-10-17(23)19(24)15(20(18)27)11-25-12-6-8-13(9-7-12)26-21(28)14-4-2-3-5-16(14)22/h2-11,27H,1H3,(H,26,28). The topological polar surface area (TPSA) is 70.9 Å². The van der Waals surface area contributed by atoms with Crippen LogP contribution in [0.4, 0.5) is 11.4 Å². The van der Waals surface area contributed by atoms with Crippen LogP contribution in [0, 0.1) is 0 Å². The molecular weight excluding hydrogens is 568 g/mol. The van der Waals surface area contributed by atoms with Gasteiger partial charge in [0, 0.05) is 25.3 Å². The van der Waals surface area contributed by atoms with E-state index in [9.17, 15) is 9.90 Å². The van der Waals surface area contributed by atoms with E-state index in [4.69, 9.17) is 4.74 Å². The third-order valence-corrected chi connectivity index (χ3v) is 6.70. The summed E-state index contributed by atoms with van der Waals surface area (Å²) in [6.07, 6.45) is 1.54. The molecule has 5 nitrogen and oxygen atoms in total. The Bertz CT molecular complexity index is 1080. The van der Waals surface area contributed by atoms with Crippen molar-refractivity contribution in [2.45, 2.75) is 0 Å². The fourth-order valence-corrected chi connectivity index (χ4v) is 3.79. The first kappa shape index (κ1) is 21.5. The largest absolute Gasteiger partial charge is 0.504 e. The predicted octanol–water partition coefficient (Wildman–Crippen LogP) is 6.69. The van der Waals surface area contributed by atoms with E-state index < -0.39 is 0 Å². The molecular formula is C21H15Br3N2O3. The fraction of sp³-hybridized carbons (Fsp3) is 0.0476. The lowest BCUT2D eigenvalue weighted by molar-refractivity contribution is 0.102. The maximum absolute atomic E-state index is 12.4. The molecule has 0 atom stereocenters. The average Bonchev–Trinajstić information content (AvgIpc) is 2.72. The third kappa shape index (κ3) is 5.07. The number of hydrogen-bond acceptors (Lipinski definition) is 4. The number of nitrogens with one attached hydrogen (secondary N) is 1. The summed E-state index contributed by atoms with van der Waals surface area (Å²) in [6, 6.07) is 16.0. The minimum atomic E-state index is -0.205. The molecule has 3 aromatic rings. The number of hydrogen-bond donors (Lipinski definition) is 2. The Morgan fingerprint density at radius 2 is 1.76 bits per heavy atom. The number of nitrogens with zero attached hydrogens (tertiary/aromatic N) is 1. The van der Waals surface area contributed by atoms with Crippen molar-refractivity contribution in [3.63, 3.8) is 0 Å². The van der Waals surface area contributed by atoms with Crippen molar-refractivity contribution in [3.05, 3.63) is 79.1 Å². The van der Waals surface area contributed by atoms with Crippen LogP contribution in [0.25, 0.3) is 0 Å². The van der Waals surface area contributed by atoms with E-state index in [1.54, 1.807) is 42.6 Å². The van der Waals surface area contributed by atoms with Gasteiger partial charge in [-0.15, -0.1) is 0 Å². The Morgan fingerprint density at radius 1 is 1.07 bits per heavy atom. The zero-order chi connectivity index (χ0) is 21.0. The maximum Gasteiger partial charge on any atom is 0.256 e. The minimum absolute atomic E-state index is 0.0105. The quantitative estimate of drug-likeness (QED) is 0.329. The Balaban J connectivity index is 1.77. The normalized spacial score (nSPS) is 10.9. The van der Waals surface area contributed by atoms with E-state index in [-0.39, 0.29) is 11.7 Å². The van der Waals surface area contributed by atoms with Gasteiger partial charge in [-0.1, -0.05) is 12.1 Å². The average molecular weight is 583 g/mol. The molecule has 0 spiro atoms. The molecule has 3 rings (SSSR count). The molecule has 0 aromatic heterocycles. The summed E-state index contributed by atoms with van der Waals surface area (Å²) >= 11 is 10.2. The SMILES string of the molecule is COc1cc(Br)c(Br)c(C=Nc2ccc(NC(=O)c3ccccc3Br)cc2)c1O. The zero-order valence-electron chi connectivity index (χ0n) is 15.1. The first-order valence-corrected chi connectivity index (χ1v) is 10.7. The van der Waals surface area contributed by atoms with Crippen LogP contribution < -0.4 is 10.1 Å². The molecule has 8 heteroatoms. The van der Waals surface area contributed by atoms with E-state index in [1.807, 2.05) is 18.2 Å². The number of phenols is 1. The van der Waals surface area contributed by atoms with Crippen molar-refractivity contribution in [1.29, 1.82) is 0 Å². The molecule has 148 valence electrons. The van der Waals surface area contributed by atoms with Crippen molar-refractivity contribution in [1.82, 2.24) is 0 Å². The van der Waals surface area contributed by atoms with Crippen LogP contribution in [-0.2, 0) is 0 Å². The molecule has 1 amide bonds. The molecule has 0 aliphatic carbocycles. The van der Waals surface area contributed by atoms with E-state index in [1.165, 1.54) is 7.11 Å². The lowest BCUT2D eigenvalue weighted by atomic mass is 10.2. The van der Waals surface area contributed by atoms with Gasteiger partial charge in [-0.2, -0.15) is 0 Å². The fourth-order valence-electron chi connectivity index (χ4n) is 2.50. The van der Waals surface area contributed by atoms with Crippen molar-refractivity contribution >= 4 is 71.3 Å². The Labute approximate surface area is 193 Å². The lowest BCUT2D eigenvalue weighted by Gasteiger charge is -2.10. The van der Waals surface area contributed by atoms with Gasteiger partial charge >= 0.3 is 0 Å². The third-order valence-electron chi connectivity index (χ3n) is 4.00. The molecule has 0 radical (unpaired) electrons. The van der Waals surface area contributed by atoms with E-state index in [0.717, 1.165) is 8.95 Å². The van der Waals surface area contributed by atoms with Crippen molar-refractivity contribution in [3.8, 4) is 11.5 Å². The summed E-state index contributed by atoms with van der Waals surface area (Å²) < 4.78 is 7.29. The van der Waals surface area contributed by atoms with Crippen LogP contribution in [0.5, 0.6) is 11.5 Å². The molecule has 0 aliphatic rings. The highest BCUT2D eigenvalue weighted by Gasteiger charge is 2.14. The summed E-state index contributed by atoms with van der Waals surface area (Å²) in [7, 11) is 1.48. The summed E-state index contributed by atoms with van der Waals surface area (Å²) in [5.74, 6) is 0.124. The number of aliphatic imine (C=N–C) groups is 1. The number of aromatic hydroxyl groups is 1. The Morgan fingerprint density at radius 3 is 2.41 bits per heavy atom. The summed E-state index contributed by atoms with van der Waals surface area (Å²) in [6.45, 7) is 0. The maximum atomic E-state index is 12.4. The summed E-state index contributed by atoms with van der Waals surface area (Å²) in [5.41, 5.74) is 2.35. The zero-order valence-corrected chi connectivity index (χ0v) is 19.9. The predicted molar refractivity (Wildman–Crippen MR) is 126 cm³/mol. The molecule has 0 saturated carbocycles. The number of amides is 1. The second-order valence-electron chi connectivity index (χ2n) is 5.88. The second-order valence-corrected chi connectivity index (χ2v) is 8.38. The first-order chi connectivity index (χ1) is 13.9. The number of ether oxygens (including phenoxy) is 1. The molecule has 0 fully saturated rings. The van der Waals surface area contributed by atoms with Crippen LogP contribution >= 0.6 is 47.8 Å². The summed E-state index contributed by atoms with van der Waals surface area (Å²) in [4.78, 5) is 16.8. The number of benzene rings is 3. The van der Waals surface area contributed by atoms with Gasteiger partial charge in [-0.3, -0.25) is 9.79 Å². The summed E-state index contributed by atoms with van der Waals surface area (Å²) in [5, 5.41) is 13.2. The van der Waals surface area contributed by atoms with Gasteiger partial charge in [0.25, 0.3) is 5.91 Å². The van der Waals surface area contributed by atoms with Gasteiger partial charge < -0.3 is 15.2 Å². The van der Waals surface area contributed by atoms with Gasteiger partial charge in [0.15, 0.2) is 11.5 Å². The smallest absolute Gasteiger partial charge is 0.256 e. The van der Waals surface area contributed by atoms with Crippen LogP contribution in [0.3, 0.4) is 0 Å². The molecule has 2 N–H and O–H groups in total. The van der Waals surface area contributed by atoms with Gasteiger partial charge in [0.1, 0.15) is 0 Å². The Hall–Kier alpha value is -2.16. The Kier molecular flexibility index (Phi) is 7.10. The molecule has 3 aromatic carbocycles. The first-order valence-electron chi connectivity index (χ1n) is 8.35. The van der Waals surface area contributed by atoms with Gasteiger partial charge in [-0.25, -0.2) is 0 Å². The van der Waals surface area contributed by atoms with Gasteiger partial charge in [0.05, 0.1) is 23.9 Å². The van der Waals surface area contributed by atoms with Crippen LogP contribution in [-0.4, -0.2) is 24.3 Å². The van der Waals surface area contributed by atoms with Crippen molar-refractivity contribution in [2.75, 3.05) is 12.4 Å². The van der Waals surface area contributed by atoms with Gasteiger partial charge in [0.2, 0.25) is 0 Å². The number of phenolic OH excluding ortho intramolecular Hbond substituents is 1. The van der Waals surface area contributed by atoms with E-state index in [0.29, 0.717) is 32.7 Å². The highest BCUT2D eigenvalue weighted by molar-refractivity contribution is 9.13. The second kappa shape index (κ2) is 9.56. The lowest BCUT2D eigenvalue weighted by Crippen LogP contribution is -2.12. The highest BCUT2D eigenvalue weighted by Crippen LogP contribution is 2.39. The van der Waals surface area contributed by atoms with Crippen LogP contribution in [0.2, 0.25) is 0 Å². The monoisotopic (exact) mass is 580 g/mol. The molecule has 0 unspecified atom stereocenters. The number of methoxy groups -OCH3 is 1. The number of halogens is 3. The van der Waals surface area contributed by atoms with Gasteiger partial charge in [-0.05, 0) is 90.3 Å². The molecule has 0 heterocycles. The van der Waals surface area contributed by atoms with E-state index in [2.05, 4.69) is 58.1 Å². The number of anilines is 1. The van der Waals surface area contributed by atoms with Crippen molar-refractivity contribution in [2.24, 2.45) is 4.99 Å². The van der Waals surface area contributed by atoms with Crippen molar-refractivity contribution < 1.29 is 14.6 Å². The molecule has 29 heavy (non-hydrogen) atoms.